The van der Waals surface area contributed by atoms with Crippen molar-refractivity contribution in [3.8, 4) is 0 Å². The van der Waals surface area contributed by atoms with Gasteiger partial charge in [-0.25, -0.2) is 0 Å². The Balaban J connectivity index is 1.59. The Morgan fingerprint density at radius 2 is 1.88 bits per heavy atom. The predicted molar refractivity (Wildman–Crippen MR) is 66.1 cm³/mol. The molecule has 3 aliphatic rings. The molecule has 3 fully saturated rings. The molecular weight excluding hydrogens is 212 g/mol. The second-order valence-electron chi connectivity index (χ2n) is 5.96. The molecule has 2 aliphatic carbocycles. The van der Waals surface area contributed by atoms with E-state index in [0.29, 0.717) is 5.92 Å². The van der Waals surface area contributed by atoms with Gasteiger partial charge in [0.05, 0.1) is 0 Å². The van der Waals surface area contributed by atoms with E-state index in [9.17, 15) is 0 Å². The highest BCUT2D eigenvalue weighted by atomic mass is 15.4. The molecule has 1 aliphatic heterocycles. The lowest BCUT2D eigenvalue weighted by atomic mass is 9.85. The van der Waals surface area contributed by atoms with Crippen LogP contribution in [0.5, 0.6) is 0 Å². The molecule has 1 aromatic rings. The molecule has 0 bridgehead atoms. The van der Waals surface area contributed by atoms with Gasteiger partial charge in [-0.05, 0) is 31.6 Å². The van der Waals surface area contributed by atoms with Gasteiger partial charge in [0.15, 0.2) is 0 Å². The summed E-state index contributed by atoms with van der Waals surface area (Å²) in [7, 11) is 2.14. The summed E-state index contributed by atoms with van der Waals surface area (Å²) in [5.74, 6) is 3.96. The zero-order valence-corrected chi connectivity index (χ0v) is 10.5. The maximum atomic E-state index is 4.44. The van der Waals surface area contributed by atoms with Crippen LogP contribution in [-0.2, 0) is 7.05 Å². The minimum absolute atomic E-state index is 0.682. The Morgan fingerprint density at radius 3 is 2.59 bits per heavy atom. The molecular formula is C13H20N4. The molecule has 0 spiro atoms. The fraction of sp³-hybridized carbons (Fsp3) is 0.846. The van der Waals surface area contributed by atoms with Crippen LogP contribution in [0.4, 0.5) is 5.95 Å². The highest BCUT2D eigenvalue weighted by molar-refractivity contribution is 5.39. The highest BCUT2D eigenvalue weighted by Gasteiger charge is 2.44. The minimum atomic E-state index is 0.682. The van der Waals surface area contributed by atoms with Gasteiger partial charge in [-0.3, -0.25) is 0 Å². The summed E-state index contributed by atoms with van der Waals surface area (Å²) in [4.78, 5) is 2.48. The molecule has 92 valence electrons. The van der Waals surface area contributed by atoms with Gasteiger partial charge in [0.2, 0.25) is 5.95 Å². The average molecular weight is 232 g/mol. The van der Waals surface area contributed by atoms with Crippen molar-refractivity contribution in [2.24, 2.45) is 13.0 Å². The maximum absolute atomic E-state index is 4.44. The van der Waals surface area contributed by atoms with Crippen LogP contribution in [0.2, 0.25) is 0 Å². The van der Waals surface area contributed by atoms with Gasteiger partial charge in [-0.15, -0.1) is 10.2 Å². The van der Waals surface area contributed by atoms with Gasteiger partial charge in [-0.2, -0.15) is 0 Å². The van der Waals surface area contributed by atoms with Crippen molar-refractivity contribution in [2.75, 3.05) is 11.4 Å². The molecule has 2 atom stereocenters. The lowest BCUT2D eigenvalue weighted by molar-refractivity contribution is 0.329. The number of nitrogens with zero attached hydrogens (tertiary/aromatic N) is 4. The van der Waals surface area contributed by atoms with Gasteiger partial charge >= 0.3 is 0 Å². The minimum Gasteiger partial charge on any atom is -0.337 e. The Bertz CT molecular complexity index is 435. The molecule has 4 nitrogen and oxygen atoms in total. The largest absolute Gasteiger partial charge is 0.337 e. The highest BCUT2D eigenvalue weighted by Crippen LogP contribution is 2.42. The van der Waals surface area contributed by atoms with E-state index in [0.717, 1.165) is 17.9 Å². The molecule has 2 heterocycles. The summed E-state index contributed by atoms with van der Waals surface area (Å²) in [5, 5.41) is 8.87. The topological polar surface area (TPSA) is 34.0 Å². The maximum Gasteiger partial charge on any atom is 0.227 e. The Morgan fingerprint density at radius 1 is 1.06 bits per heavy atom. The van der Waals surface area contributed by atoms with E-state index in [1.165, 1.54) is 50.9 Å². The normalized spacial score (nSPS) is 32.2. The van der Waals surface area contributed by atoms with Crippen molar-refractivity contribution in [3.63, 3.8) is 0 Å². The summed E-state index contributed by atoms with van der Waals surface area (Å²) in [6.07, 6.45) is 8.15. The third kappa shape index (κ3) is 1.30. The van der Waals surface area contributed by atoms with Crippen LogP contribution in [0.15, 0.2) is 0 Å². The summed E-state index contributed by atoms with van der Waals surface area (Å²) in [6.45, 7) is 1.21. The van der Waals surface area contributed by atoms with E-state index < -0.39 is 0 Å². The summed E-state index contributed by atoms with van der Waals surface area (Å²) >= 11 is 0. The van der Waals surface area contributed by atoms with Crippen molar-refractivity contribution in [3.05, 3.63) is 5.82 Å². The van der Waals surface area contributed by atoms with E-state index >= 15 is 0 Å². The summed E-state index contributed by atoms with van der Waals surface area (Å²) in [6, 6.07) is 0.771. The molecule has 4 heteroatoms. The second-order valence-corrected chi connectivity index (χ2v) is 5.96. The summed E-state index contributed by atoms with van der Waals surface area (Å²) in [5.41, 5.74) is 0. The molecule has 2 saturated carbocycles. The fourth-order valence-electron chi connectivity index (χ4n) is 3.73. The van der Waals surface area contributed by atoms with Gasteiger partial charge < -0.3 is 9.47 Å². The second kappa shape index (κ2) is 3.47. The Kier molecular flexibility index (Phi) is 2.02. The van der Waals surface area contributed by atoms with Crippen LogP contribution >= 0.6 is 0 Å². The molecule has 0 radical (unpaired) electrons. The Labute approximate surface area is 102 Å². The first-order valence-corrected chi connectivity index (χ1v) is 7.00. The van der Waals surface area contributed by atoms with Crippen LogP contribution in [0.1, 0.15) is 50.3 Å². The van der Waals surface area contributed by atoms with E-state index in [2.05, 4.69) is 26.7 Å². The van der Waals surface area contributed by atoms with Crippen LogP contribution < -0.4 is 4.90 Å². The first-order valence-electron chi connectivity index (χ1n) is 7.00. The number of hydrogen-bond donors (Lipinski definition) is 0. The molecule has 1 saturated heterocycles. The standard InChI is InChI=1S/C13H20N4/c1-16-12(9-4-2-5-9)14-15-13(16)17-8-10-6-3-7-11(10)17/h9-11H,2-8H2,1H3. The van der Waals surface area contributed by atoms with E-state index in [1.54, 1.807) is 0 Å². The van der Waals surface area contributed by atoms with Crippen LogP contribution in [0.3, 0.4) is 0 Å². The van der Waals surface area contributed by atoms with Crippen molar-refractivity contribution >= 4 is 5.95 Å². The van der Waals surface area contributed by atoms with Crippen LogP contribution in [-0.4, -0.2) is 27.4 Å². The number of hydrogen-bond acceptors (Lipinski definition) is 3. The third-order valence-electron chi connectivity index (χ3n) is 5.06. The molecule has 0 amide bonds. The van der Waals surface area contributed by atoms with Crippen LogP contribution in [0.25, 0.3) is 0 Å². The van der Waals surface area contributed by atoms with E-state index in [4.69, 9.17) is 0 Å². The lowest BCUT2D eigenvalue weighted by Crippen LogP contribution is -2.54. The van der Waals surface area contributed by atoms with Crippen molar-refractivity contribution in [1.29, 1.82) is 0 Å². The summed E-state index contributed by atoms with van der Waals surface area (Å²) < 4.78 is 2.25. The lowest BCUT2D eigenvalue weighted by Gasteiger charge is -2.44. The Hall–Kier alpha value is -1.06. The SMILES string of the molecule is Cn1c(C2CCC2)nnc1N1CC2CCCC21. The van der Waals surface area contributed by atoms with Gasteiger partial charge in [0.25, 0.3) is 0 Å². The first-order chi connectivity index (χ1) is 8.34. The van der Waals surface area contributed by atoms with Gasteiger partial charge in [0, 0.05) is 25.6 Å². The molecule has 1 aromatic heterocycles. The third-order valence-corrected chi connectivity index (χ3v) is 5.06. The zero-order valence-electron chi connectivity index (χ0n) is 10.5. The molecule has 2 unspecified atom stereocenters. The van der Waals surface area contributed by atoms with E-state index in [-0.39, 0.29) is 0 Å². The quantitative estimate of drug-likeness (QED) is 0.783. The molecule has 17 heavy (non-hydrogen) atoms. The number of fused-ring (bicyclic) bond motifs is 1. The number of anilines is 1. The molecule has 0 N–H and O–H groups in total. The molecule has 0 aromatic carbocycles. The number of rotatable bonds is 2. The van der Waals surface area contributed by atoms with Crippen molar-refractivity contribution < 1.29 is 0 Å². The number of aromatic nitrogens is 3. The van der Waals surface area contributed by atoms with Crippen LogP contribution in [0, 0.1) is 5.92 Å². The first kappa shape index (κ1) is 9.92. The predicted octanol–water partition coefficient (Wildman–Crippen LogP) is 2.07. The average Bonchev–Trinajstić information content (AvgIpc) is 2.74. The molecule has 4 rings (SSSR count). The van der Waals surface area contributed by atoms with E-state index in [1.807, 2.05) is 0 Å². The zero-order chi connectivity index (χ0) is 11.4. The van der Waals surface area contributed by atoms with Gasteiger partial charge in [-0.1, -0.05) is 12.8 Å². The smallest absolute Gasteiger partial charge is 0.227 e. The monoisotopic (exact) mass is 232 g/mol. The van der Waals surface area contributed by atoms with Crippen molar-refractivity contribution in [2.45, 2.75) is 50.5 Å². The van der Waals surface area contributed by atoms with Gasteiger partial charge in [0.1, 0.15) is 5.82 Å². The van der Waals surface area contributed by atoms with Crippen molar-refractivity contribution in [1.82, 2.24) is 14.8 Å². The fourth-order valence-corrected chi connectivity index (χ4v) is 3.73.